The Labute approximate surface area is 262 Å². The van der Waals surface area contributed by atoms with E-state index >= 15 is 0 Å². The maximum Gasteiger partial charge on any atom is 1.00 e. The van der Waals surface area contributed by atoms with Crippen molar-refractivity contribution in [1.82, 2.24) is 4.98 Å². The summed E-state index contributed by atoms with van der Waals surface area (Å²) in [6, 6.07) is 6.45. The molecule has 4 nitrogen and oxygen atoms in total. The van der Waals surface area contributed by atoms with Crippen LogP contribution in [0.2, 0.25) is 0 Å². The molecule has 1 heterocycles. The molecular weight excluding hydrogens is 505 g/mol. The summed E-state index contributed by atoms with van der Waals surface area (Å²) in [5.41, 5.74) is 1.96. The van der Waals surface area contributed by atoms with E-state index in [1.165, 1.54) is 29.5 Å². The molecule has 1 fully saturated rings. The second-order valence-corrected chi connectivity index (χ2v) is 10.8. The Morgan fingerprint density at radius 1 is 1.39 bits per heavy atom. The van der Waals surface area contributed by atoms with Crippen LogP contribution in [0.3, 0.4) is 0 Å². The number of ether oxygens (including phenoxy) is 1. The van der Waals surface area contributed by atoms with E-state index in [0.717, 1.165) is 36.1 Å². The normalized spacial score (nSPS) is 17.6. The molecule has 36 heavy (non-hydrogen) atoms. The maximum absolute atomic E-state index is 13.1. The van der Waals surface area contributed by atoms with Crippen molar-refractivity contribution in [2.24, 2.45) is 23.2 Å². The molecule has 1 aliphatic carbocycles. The van der Waals surface area contributed by atoms with Crippen LogP contribution >= 0.6 is 11.3 Å². The molecule has 3 rings (SSSR count). The summed E-state index contributed by atoms with van der Waals surface area (Å²) in [6.45, 7) is 21.0. The minimum Gasteiger partial charge on any atom is -0.457 e. The van der Waals surface area contributed by atoms with Crippen LogP contribution in [0.15, 0.2) is 18.2 Å². The van der Waals surface area contributed by atoms with Crippen molar-refractivity contribution in [3.8, 4) is 22.4 Å². The predicted octanol–water partition coefficient (Wildman–Crippen LogP) is 4.76. The Morgan fingerprint density at radius 2 is 2.00 bits per heavy atom. The van der Waals surface area contributed by atoms with Gasteiger partial charge in [0.15, 0.2) is 6.67 Å². The number of nitrogens with zero attached hydrogens (tertiary/aromatic N) is 2. The minimum absolute atomic E-state index is 0. The summed E-state index contributed by atoms with van der Waals surface area (Å²) >= 11 is 1.31. The summed E-state index contributed by atoms with van der Waals surface area (Å²) in [4.78, 5) is 14.9. The first kappa shape index (κ1) is 35.2. The van der Waals surface area contributed by atoms with Crippen LogP contribution in [-0.4, -0.2) is 24.3 Å². The van der Waals surface area contributed by atoms with Gasteiger partial charge in [-0.05, 0) is 30.5 Å². The molecule has 2 aromatic rings. The molecule has 194 valence electrons. The molecule has 0 saturated heterocycles. The first-order valence-electron chi connectivity index (χ1n) is 11.7. The molecule has 1 saturated carbocycles. The molecule has 8 heteroatoms. The number of thiazole rings is 1. The Balaban J connectivity index is 0.000000633. The van der Waals surface area contributed by atoms with E-state index < -0.39 is 13.0 Å². The standard InChI is InChI=1S/C14H11F2N2OS.C9H18.C5H8O.K/c1-8-9(2)20-14(18-8)11-5-10(7-17)3-4-12(11)19-13(16)6-15;1-6-7-8(2)9(3,4)5;1-4-2-5(4)3-6;/h3-5,13H,2,6H2,1H3;8H,1-2,6-7H2,3-5H3;3-5H,2H2,1H3;/q-1;-2;;+1. The first-order valence-corrected chi connectivity index (χ1v) is 12.5. The van der Waals surface area contributed by atoms with Gasteiger partial charge >= 0.3 is 51.4 Å². The molecule has 0 amide bonds. The SMILES string of the molecule is CC1CC1C=O.[CH2-]CCC([CH2-])C(C)(C)C.[CH2-]c1sc(-c2cc(C#N)ccc2OC(F)CF)nc1C.[K+]. The molecule has 4 atom stereocenters. The summed E-state index contributed by atoms with van der Waals surface area (Å²) in [7, 11) is 0. The van der Waals surface area contributed by atoms with Gasteiger partial charge in [-0.1, -0.05) is 45.7 Å². The van der Waals surface area contributed by atoms with Gasteiger partial charge in [0.1, 0.15) is 17.0 Å². The Morgan fingerprint density at radius 3 is 2.33 bits per heavy atom. The first-order chi connectivity index (χ1) is 16.4. The van der Waals surface area contributed by atoms with E-state index in [9.17, 15) is 13.6 Å². The second-order valence-electron chi connectivity index (χ2n) is 9.75. The molecule has 0 aliphatic heterocycles. The van der Waals surface area contributed by atoms with Crippen LogP contribution in [0.4, 0.5) is 8.78 Å². The number of hydrogen-bond acceptors (Lipinski definition) is 5. The van der Waals surface area contributed by atoms with Crippen LogP contribution in [0.5, 0.6) is 5.75 Å². The summed E-state index contributed by atoms with van der Waals surface area (Å²) in [6.07, 6.45) is 2.28. The molecule has 0 bridgehead atoms. The second kappa shape index (κ2) is 16.9. The molecule has 0 N–H and O–H groups in total. The molecule has 0 spiro atoms. The fourth-order valence-electron chi connectivity index (χ4n) is 2.80. The summed E-state index contributed by atoms with van der Waals surface area (Å²) < 4.78 is 30.2. The number of carbonyl (C=O) groups is 1. The zero-order chi connectivity index (χ0) is 26.8. The van der Waals surface area contributed by atoms with Gasteiger partial charge in [0.05, 0.1) is 17.2 Å². The monoisotopic (exact) mass is 542 g/mol. The number of benzene rings is 1. The third kappa shape index (κ3) is 12.1. The number of aromatic nitrogens is 1. The van der Waals surface area contributed by atoms with E-state index in [1.54, 1.807) is 6.92 Å². The van der Waals surface area contributed by atoms with E-state index in [-0.39, 0.29) is 57.1 Å². The van der Waals surface area contributed by atoms with Crippen molar-refractivity contribution in [3.05, 3.63) is 55.1 Å². The quantitative estimate of drug-likeness (QED) is 0.288. The van der Waals surface area contributed by atoms with Gasteiger partial charge in [0.25, 0.3) is 6.36 Å². The van der Waals surface area contributed by atoms with Crippen molar-refractivity contribution < 1.29 is 69.7 Å². The number of aryl methyl sites for hydroxylation is 1. The van der Waals surface area contributed by atoms with Crippen LogP contribution in [0.25, 0.3) is 10.6 Å². The number of rotatable bonds is 7. The van der Waals surface area contributed by atoms with Crippen molar-refractivity contribution in [1.29, 1.82) is 5.26 Å². The van der Waals surface area contributed by atoms with Crippen molar-refractivity contribution in [2.75, 3.05) is 6.67 Å². The van der Waals surface area contributed by atoms with E-state index in [2.05, 4.69) is 53.5 Å². The van der Waals surface area contributed by atoms with Gasteiger partial charge < -0.3 is 28.4 Å². The molecule has 4 unspecified atom stereocenters. The summed E-state index contributed by atoms with van der Waals surface area (Å²) in [5.74, 6) is 1.82. The fraction of sp³-hybridized carbons (Fsp3) is 0.500. The Hall–Kier alpha value is -0.824. The number of aldehydes is 1. The summed E-state index contributed by atoms with van der Waals surface area (Å²) in [5, 5.41) is 9.49. The van der Waals surface area contributed by atoms with E-state index in [1.807, 2.05) is 6.07 Å². The van der Waals surface area contributed by atoms with Crippen LogP contribution < -0.4 is 56.1 Å². The number of hydrogen-bond donors (Lipinski definition) is 0. The average Bonchev–Trinajstić information content (AvgIpc) is 3.44. The number of nitriles is 1. The zero-order valence-electron chi connectivity index (χ0n) is 22.4. The third-order valence-electron chi connectivity index (χ3n) is 5.73. The van der Waals surface area contributed by atoms with Gasteiger partial charge in [0, 0.05) is 5.92 Å². The van der Waals surface area contributed by atoms with Crippen molar-refractivity contribution in [2.45, 2.75) is 60.2 Å². The van der Waals surface area contributed by atoms with Gasteiger partial charge in [-0.25, -0.2) is 11.3 Å². The molecule has 1 aromatic carbocycles. The third-order valence-corrected chi connectivity index (χ3v) is 6.78. The Bertz CT molecular complexity index is 965. The fourth-order valence-corrected chi connectivity index (χ4v) is 3.68. The zero-order valence-corrected chi connectivity index (χ0v) is 26.4. The predicted molar refractivity (Wildman–Crippen MR) is 139 cm³/mol. The number of carbonyl (C=O) groups excluding carboxylic acids is 1. The minimum atomic E-state index is -2.04. The molecule has 0 radical (unpaired) electrons. The van der Waals surface area contributed by atoms with Crippen molar-refractivity contribution >= 4 is 17.6 Å². The van der Waals surface area contributed by atoms with Gasteiger partial charge in [-0.15, -0.1) is 11.3 Å². The van der Waals surface area contributed by atoms with Gasteiger partial charge in [-0.2, -0.15) is 33.3 Å². The average molecular weight is 543 g/mol. The molecule has 1 aliphatic rings. The molecule has 1 aromatic heterocycles. The topological polar surface area (TPSA) is 63.0 Å². The Kier molecular flexibility index (Phi) is 16.5. The van der Waals surface area contributed by atoms with E-state index in [4.69, 9.17) is 10.00 Å². The number of halogens is 2. The van der Waals surface area contributed by atoms with Gasteiger partial charge in [0.2, 0.25) is 0 Å². The van der Waals surface area contributed by atoms with Crippen LogP contribution in [0, 0.1) is 62.2 Å². The largest absolute Gasteiger partial charge is 1.00 e. The smallest absolute Gasteiger partial charge is 0.457 e. The number of alkyl halides is 2. The van der Waals surface area contributed by atoms with Crippen molar-refractivity contribution in [3.63, 3.8) is 0 Å². The maximum atomic E-state index is 13.1. The van der Waals surface area contributed by atoms with Crippen LogP contribution in [-0.2, 0) is 4.79 Å². The van der Waals surface area contributed by atoms with Crippen LogP contribution in [0.1, 0.15) is 63.1 Å². The molecular formula is C28H37F2KN2O2S-2. The van der Waals surface area contributed by atoms with E-state index in [0.29, 0.717) is 39.3 Å². The van der Waals surface area contributed by atoms with Gasteiger partial charge in [-0.3, -0.25) is 0 Å².